The number of phenolic OH excluding ortho intramolecular Hbond substituents is 1. The van der Waals surface area contributed by atoms with Crippen LogP contribution in [-0.2, 0) is 14.3 Å². The van der Waals surface area contributed by atoms with Gasteiger partial charge in [0.2, 0.25) is 0 Å². The molecule has 4 atom stereocenters. The molecule has 0 aliphatic heterocycles. The third-order valence-corrected chi connectivity index (χ3v) is 6.67. The van der Waals surface area contributed by atoms with Gasteiger partial charge < -0.3 is 14.6 Å². The van der Waals surface area contributed by atoms with Crippen molar-refractivity contribution in [1.82, 2.24) is 0 Å². The van der Waals surface area contributed by atoms with Crippen LogP contribution in [0, 0.1) is 23.7 Å². The van der Waals surface area contributed by atoms with Crippen LogP contribution in [0.15, 0.2) is 23.8 Å². The third-order valence-electron chi connectivity index (χ3n) is 6.67. The number of carbonyl (C=O) groups excluding carboxylic acids is 2. The molecule has 0 amide bonds. The summed E-state index contributed by atoms with van der Waals surface area (Å²) in [5, 5.41) is 10.6. The van der Waals surface area contributed by atoms with E-state index >= 15 is 0 Å². The van der Waals surface area contributed by atoms with Crippen LogP contribution >= 0.6 is 0 Å². The number of phenols is 1. The molecule has 162 valence electrons. The molecule has 2 aliphatic rings. The van der Waals surface area contributed by atoms with Crippen LogP contribution in [0.25, 0.3) is 11.8 Å². The van der Waals surface area contributed by atoms with Gasteiger partial charge in [-0.05, 0) is 79.6 Å². The second kappa shape index (κ2) is 9.50. The minimum Gasteiger partial charge on any atom is -0.507 e. The van der Waals surface area contributed by atoms with Crippen molar-refractivity contribution >= 4 is 24.1 Å². The highest BCUT2D eigenvalue weighted by molar-refractivity contribution is 5.90. The first-order chi connectivity index (χ1) is 14.4. The molecule has 0 aromatic heterocycles. The number of aldehydes is 1. The Morgan fingerprint density at radius 1 is 1.13 bits per heavy atom. The molecule has 30 heavy (non-hydrogen) atoms. The number of carbonyl (C=O) groups is 2. The van der Waals surface area contributed by atoms with Crippen molar-refractivity contribution in [2.24, 2.45) is 23.7 Å². The summed E-state index contributed by atoms with van der Waals surface area (Å²) >= 11 is 0. The fraction of sp³-hybridized carbons (Fsp3) is 0.520. The largest absolute Gasteiger partial charge is 0.507 e. The zero-order valence-electron chi connectivity index (χ0n) is 18.3. The average molecular weight is 413 g/mol. The Labute approximate surface area is 178 Å². The number of methoxy groups -OCH3 is 2. The summed E-state index contributed by atoms with van der Waals surface area (Å²) in [6, 6.07) is 3.17. The smallest absolute Gasteiger partial charge is 0.330 e. The molecule has 2 bridgehead atoms. The number of hydrogen-bond donors (Lipinski definition) is 1. The predicted molar refractivity (Wildman–Crippen MR) is 117 cm³/mol. The highest BCUT2D eigenvalue weighted by atomic mass is 16.5. The van der Waals surface area contributed by atoms with E-state index in [0.29, 0.717) is 34.4 Å². The Kier molecular flexibility index (Phi) is 7.01. The normalized spacial score (nSPS) is 27.6. The van der Waals surface area contributed by atoms with Crippen molar-refractivity contribution in [3.05, 3.63) is 40.5 Å². The lowest BCUT2D eigenvalue weighted by Crippen LogP contribution is -2.33. The van der Waals surface area contributed by atoms with Crippen LogP contribution in [0.5, 0.6) is 5.75 Å². The van der Waals surface area contributed by atoms with E-state index in [-0.39, 0.29) is 5.75 Å². The molecule has 3 rings (SSSR count). The van der Waals surface area contributed by atoms with Gasteiger partial charge in [-0.2, -0.15) is 0 Å². The minimum absolute atomic E-state index is 0.00958. The van der Waals surface area contributed by atoms with E-state index in [0.717, 1.165) is 37.2 Å². The van der Waals surface area contributed by atoms with Crippen molar-refractivity contribution in [3.8, 4) is 5.75 Å². The Morgan fingerprint density at radius 3 is 2.53 bits per heavy atom. The zero-order chi connectivity index (χ0) is 21.8. The van der Waals surface area contributed by atoms with Crippen LogP contribution in [0.2, 0.25) is 0 Å². The second-order valence-corrected chi connectivity index (χ2v) is 8.68. The number of esters is 1. The summed E-state index contributed by atoms with van der Waals surface area (Å²) in [7, 11) is 2.93. The van der Waals surface area contributed by atoms with Gasteiger partial charge in [-0.25, -0.2) is 4.79 Å². The number of benzene rings is 1. The maximum Gasteiger partial charge on any atom is 0.330 e. The highest BCUT2D eigenvalue weighted by Crippen LogP contribution is 2.51. The highest BCUT2D eigenvalue weighted by Gasteiger charge is 2.39. The molecule has 0 radical (unpaired) electrons. The van der Waals surface area contributed by atoms with Crippen LogP contribution in [0.4, 0.5) is 0 Å². The van der Waals surface area contributed by atoms with Gasteiger partial charge in [0.25, 0.3) is 0 Å². The van der Waals surface area contributed by atoms with Crippen molar-refractivity contribution < 1.29 is 24.2 Å². The summed E-state index contributed by atoms with van der Waals surface area (Å²) in [6.07, 6.45) is 9.23. The van der Waals surface area contributed by atoms with Crippen LogP contribution in [-0.4, -0.2) is 31.6 Å². The molecule has 4 unspecified atom stereocenters. The first kappa shape index (κ1) is 22.1. The molecular weight excluding hydrogens is 380 g/mol. The topological polar surface area (TPSA) is 72.8 Å². The predicted octanol–water partition coefficient (Wildman–Crippen LogP) is 5.23. The Bertz CT molecular complexity index is 865. The molecule has 1 aromatic carbocycles. The van der Waals surface area contributed by atoms with Gasteiger partial charge >= 0.3 is 5.97 Å². The van der Waals surface area contributed by atoms with E-state index in [9.17, 15) is 14.7 Å². The summed E-state index contributed by atoms with van der Waals surface area (Å²) in [6.45, 7) is 4.53. The lowest BCUT2D eigenvalue weighted by Gasteiger charge is -2.44. The molecule has 2 fully saturated rings. The maximum atomic E-state index is 11.9. The Morgan fingerprint density at radius 2 is 1.90 bits per heavy atom. The number of ether oxygens (including phenoxy) is 2. The lowest BCUT2D eigenvalue weighted by molar-refractivity contribution is -0.134. The summed E-state index contributed by atoms with van der Waals surface area (Å²) in [5.74, 6) is 2.51. The second-order valence-electron chi connectivity index (χ2n) is 8.68. The van der Waals surface area contributed by atoms with Gasteiger partial charge in [-0.15, -0.1) is 0 Å². The van der Waals surface area contributed by atoms with Gasteiger partial charge in [-0.3, -0.25) is 4.79 Å². The lowest BCUT2D eigenvalue weighted by atomic mass is 9.61. The van der Waals surface area contributed by atoms with Gasteiger partial charge in [0.05, 0.1) is 14.2 Å². The Hall–Kier alpha value is -2.56. The number of allylic oxidation sites excluding steroid dienone is 1. The van der Waals surface area contributed by atoms with E-state index in [1.807, 2.05) is 0 Å². The molecule has 2 aliphatic carbocycles. The van der Waals surface area contributed by atoms with E-state index in [4.69, 9.17) is 4.74 Å². The van der Waals surface area contributed by atoms with Gasteiger partial charge in [0, 0.05) is 22.8 Å². The first-order valence-electron chi connectivity index (χ1n) is 10.8. The molecule has 5 nitrogen and oxygen atoms in total. The number of hydrogen-bond acceptors (Lipinski definition) is 5. The molecule has 1 aromatic rings. The van der Waals surface area contributed by atoms with Gasteiger partial charge in [0.15, 0.2) is 6.29 Å². The average Bonchev–Trinajstić information content (AvgIpc) is 2.74. The van der Waals surface area contributed by atoms with E-state index < -0.39 is 5.97 Å². The number of rotatable bonds is 6. The summed E-state index contributed by atoms with van der Waals surface area (Å²) in [5.41, 5.74) is 2.73. The van der Waals surface area contributed by atoms with Gasteiger partial charge in [-0.1, -0.05) is 13.8 Å². The van der Waals surface area contributed by atoms with Crippen molar-refractivity contribution in [1.29, 1.82) is 0 Å². The fourth-order valence-electron chi connectivity index (χ4n) is 5.47. The van der Waals surface area contributed by atoms with Crippen LogP contribution < -0.4 is 0 Å². The van der Waals surface area contributed by atoms with E-state index in [2.05, 4.69) is 18.6 Å². The molecule has 5 heteroatoms. The third kappa shape index (κ3) is 4.45. The monoisotopic (exact) mass is 412 g/mol. The van der Waals surface area contributed by atoms with E-state index in [1.165, 1.54) is 37.7 Å². The Balaban J connectivity index is 2.11. The van der Waals surface area contributed by atoms with Crippen molar-refractivity contribution in [3.63, 3.8) is 0 Å². The van der Waals surface area contributed by atoms with Crippen LogP contribution in [0.1, 0.15) is 67.4 Å². The number of aromatic hydroxyl groups is 1. The van der Waals surface area contributed by atoms with Crippen molar-refractivity contribution in [2.75, 3.05) is 14.2 Å². The molecule has 1 N–H and O–H groups in total. The molecule has 2 saturated carbocycles. The first-order valence-corrected chi connectivity index (χ1v) is 10.8. The van der Waals surface area contributed by atoms with Crippen LogP contribution in [0.3, 0.4) is 0 Å². The standard InChI is InChI=1S/C25H32O5/c1-5-17-10-16-8-15(2)9-19(11-16)24(17)25(30-4)21-13-22(27)18(12-20(21)14-26)6-7-23(28)29-3/h6-7,12-17,19,27H,5,8-11H2,1-4H3/b7-6+,25-24-. The SMILES string of the molecule is CCC1CC2CC(C)CC(C2)/C1=C(\OC)c1cc(O)c(/C=C/C(=O)OC)cc1C=O. The maximum absolute atomic E-state index is 11.9. The molecule has 0 saturated heterocycles. The zero-order valence-corrected chi connectivity index (χ0v) is 18.3. The minimum atomic E-state index is -0.528. The quantitative estimate of drug-likeness (QED) is 0.300. The molecular formula is C25H32O5. The van der Waals surface area contributed by atoms with Gasteiger partial charge in [0.1, 0.15) is 11.5 Å². The fourth-order valence-corrected chi connectivity index (χ4v) is 5.47. The number of fused-ring (bicyclic) bond motifs is 2. The molecule has 0 heterocycles. The summed E-state index contributed by atoms with van der Waals surface area (Å²) in [4.78, 5) is 23.3. The van der Waals surface area contributed by atoms with E-state index in [1.54, 1.807) is 19.2 Å². The van der Waals surface area contributed by atoms with Crippen molar-refractivity contribution in [2.45, 2.75) is 46.0 Å². The summed E-state index contributed by atoms with van der Waals surface area (Å²) < 4.78 is 10.5. The molecule has 0 spiro atoms.